The molecular formula is C15H24N4. The highest BCUT2D eigenvalue weighted by atomic mass is 15.2. The molecule has 0 fully saturated rings. The van der Waals surface area contributed by atoms with E-state index in [1.807, 2.05) is 19.2 Å². The molecule has 0 aliphatic heterocycles. The van der Waals surface area contributed by atoms with Crippen LogP contribution in [0.5, 0.6) is 0 Å². The van der Waals surface area contributed by atoms with Gasteiger partial charge >= 0.3 is 0 Å². The Morgan fingerprint density at radius 2 is 2.21 bits per heavy atom. The molecule has 0 radical (unpaired) electrons. The van der Waals surface area contributed by atoms with E-state index in [4.69, 9.17) is 4.98 Å². The number of nitrogens with one attached hydrogen (secondary N) is 1. The molecule has 0 aliphatic carbocycles. The second-order valence-electron chi connectivity index (χ2n) is 5.09. The molecule has 4 heteroatoms. The van der Waals surface area contributed by atoms with Crippen molar-refractivity contribution >= 4 is 11.5 Å². The third-order valence-corrected chi connectivity index (χ3v) is 3.65. The third-order valence-electron chi connectivity index (χ3n) is 3.65. The maximum absolute atomic E-state index is 4.78. The number of imidazole rings is 1. The number of anilines is 1. The Balaban J connectivity index is 2.43. The van der Waals surface area contributed by atoms with Crippen molar-refractivity contribution in [3.63, 3.8) is 0 Å². The highest BCUT2D eigenvalue weighted by Crippen LogP contribution is 2.23. The van der Waals surface area contributed by atoms with Crippen molar-refractivity contribution in [2.45, 2.75) is 39.3 Å². The van der Waals surface area contributed by atoms with Crippen molar-refractivity contribution in [3.8, 4) is 0 Å². The molecule has 2 aromatic rings. The first kappa shape index (κ1) is 13.9. The first-order valence-corrected chi connectivity index (χ1v) is 7.02. The van der Waals surface area contributed by atoms with E-state index in [9.17, 15) is 0 Å². The van der Waals surface area contributed by atoms with Gasteiger partial charge in [-0.3, -0.25) is 0 Å². The van der Waals surface area contributed by atoms with Crippen LogP contribution in [0.1, 0.15) is 32.4 Å². The van der Waals surface area contributed by atoms with E-state index in [2.05, 4.69) is 47.8 Å². The van der Waals surface area contributed by atoms with E-state index in [1.54, 1.807) is 0 Å². The molecule has 2 heterocycles. The Hall–Kier alpha value is -1.55. The molecule has 4 nitrogen and oxygen atoms in total. The molecule has 0 amide bonds. The minimum Gasteiger partial charge on any atom is -0.355 e. The van der Waals surface area contributed by atoms with Crippen LogP contribution in [0.15, 0.2) is 24.4 Å². The second kappa shape index (κ2) is 6.06. The lowest BCUT2D eigenvalue weighted by Gasteiger charge is -2.25. The molecule has 0 aliphatic rings. The van der Waals surface area contributed by atoms with Crippen LogP contribution in [0.2, 0.25) is 0 Å². The highest BCUT2D eigenvalue weighted by Gasteiger charge is 2.18. The molecule has 0 aromatic carbocycles. The van der Waals surface area contributed by atoms with Crippen LogP contribution in [-0.4, -0.2) is 29.5 Å². The summed E-state index contributed by atoms with van der Waals surface area (Å²) in [7, 11) is 4.11. The van der Waals surface area contributed by atoms with Crippen LogP contribution in [-0.2, 0) is 6.54 Å². The molecule has 2 aromatic heterocycles. The van der Waals surface area contributed by atoms with Crippen LogP contribution in [0.25, 0.3) is 5.65 Å². The van der Waals surface area contributed by atoms with Gasteiger partial charge in [-0.1, -0.05) is 19.4 Å². The van der Waals surface area contributed by atoms with Gasteiger partial charge in [-0.05, 0) is 32.5 Å². The van der Waals surface area contributed by atoms with Gasteiger partial charge in [-0.15, -0.1) is 0 Å². The Morgan fingerprint density at radius 1 is 1.42 bits per heavy atom. The number of fused-ring (bicyclic) bond motifs is 1. The fourth-order valence-corrected chi connectivity index (χ4v) is 2.47. The molecule has 2 rings (SSSR count). The number of hydrogen-bond donors (Lipinski definition) is 1. The van der Waals surface area contributed by atoms with Gasteiger partial charge in [0.05, 0.1) is 5.69 Å². The normalized spacial score (nSPS) is 12.8. The largest absolute Gasteiger partial charge is 0.355 e. The van der Waals surface area contributed by atoms with Crippen molar-refractivity contribution in [1.29, 1.82) is 0 Å². The van der Waals surface area contributed by atoms with Crippen LogP contribution in [0.4, 0.5) is 5.82 Å². The van der Waals surface area contributed by atoms with Gasteiger partial charge in [0.2, 0.25) is 0 Å². The zero-order valence-electron chi connectivity index (χ0n) is 12.3. The summed E-state index contributed by atoms with van der Waals surface area (Å²) in [5.41, 5.74) is 2.24. The summed E-state index contributed by atoms with van der Waals surface area (Å²) in [5.74, 6) is 1.08. The molecule has 104 valence electrons. The summed E-state index contributed by atoms with van der Waals surface area (Å²) in [6, 6.07) is 6.64. The predicted molar refractivity (Wildman–Crippen MR) is 80.7 cm³/mol. The summed E-state index contributed by atoms with van der Waals surface area (Å²) in [6.07, 6.45) is 4.46. The SMILES string of the molecule is CCCC(C)N(C)c1nc2ccccn2c1CNC. The standard InChI is InChI=1S/C15H24N4/c1-5-8-12(2)18(4)15-13(11-16-3)19-10-7-6-9-14(19)17-15/h6-7,9-10,12,16H,5,8,11H2,1-4H3. The van der Waals surface area contributed by atoms with E-state index in [0.29, 0.717) is 6.04 Å². The van der Waals surface area contributed by atoms with Gasteiger partial charge in [0, 0.05) is 25.8 Å². The molecule has 1 unspecified atom stereocenters. The highest BCUT2D eigenvalue weighted by molar-refractivity contribution is 5.56. The number of rotatable bonds is 6. The Bertz CT molecular complexity index is 532. The van der Waals surface area contributed by atoms with Crippen molar-refractivity contribution in [2.75, 3.05) is 19.0 Å². The van der Waals surface area contributed by atoms with E-state index >= 15 is 0 Å². The number of nitrogens with zero attached hydrogens (tertiary/aromatic N) is 3. The van der Waals surface area contributed by atoms with Crippen molar-refractivity contribution in [2.24, 2.45) is 0 Å². The molecule has 0 spiro atoms. The summed E-state index contributed by atoms with van der Waals surface area (Å²) in [4.78, 5) is 7.08. The summed E-state index contributed by atoms with van der Waals surface area (Å²) < 4.78 is 2.17. The van der Waals surface area contributed by atoms with Crippen molar-refractivity contribution in [1.82, 2.24) is 14.7 Å². The van der Waals surface area contributed by atoms with Gasteiger partial charge in [0.1, 0.15) is 5.65 Å². The minimum absolute atomic E-state index is 0.505. The first-order valence-electron chi connectivity index (χ1n) is 7.02. The summed E-state index contributed by atoms with van der Waals surface area (Å²) in [6.45, 7) is 5.31. The van der Waals surface area contributed by atoms with Crippen molar-refractivity contribution in [3.05, 3.63) is 30.1 Å². The zero-order valence-corrected chi connectivity index (χ0v) is 12.3. The minimum atomic E-state index is 0.505. The number of pyridine rings is 1. The van der Waals surface area contributed by atoms with Crippen LogP contribution in [0.3, 0.4) is 0 Å². The quantitative estimate of drug-likeness (QED) is 0.866. The van der Waals surface area contributed by atoms with Crippen molar-refractivity contribution < 1.29 is 0 Å². The fraction of sp³-hybridized carbons (Fsp3) is 0.533. The fourth-order valence-electron chi connectivity index (χ4n) is 2.47. The molecular weight excluding hydrogens is 236 g/mol. The van der Waals surface area contributed by atoms with E-state index in [0.717, 1.165) is 18.0 Å². The van der Waals surface area contributed by atoms with E-state index in [-0.39, 0.29) is 0 Å². The van der Waals surface area contributed by atoms with Crippen LogP contribution in [0, 0.1) is 0 Å². The van der Waals surface area contributed by atoms with Gasteiger partial charge < -0.3 is 14.6 Å². The molecule has 1 atom stereocenters. The van der Waals surface area contributed by atoms with E-state index in [1.165, 1.54) is 18.5 Å². The van der Waals surface area contributed by atoms with Gasteiger partial charge in [0.25, 0.3) is 0 Å². The molecule has 0 saturated heterocycles. The number of aromatic nitrogens is 2. The lowest BCUT2D eigenvalue weighted by atomic mass is 10.1. The smallest absolute Gasteiger partial charge is 0.152 e. The molecule has 0 saturated carbocycles. The van der Waals surface area contributed by atoms with E-state index < -0.39 is 0 Å². The predicted octanol–water partition coefficient (Wildman–Crippen LogP) is 2.68. The first-order chi connectivity index (χ1) is 9.19. The lowest BCUT2D eigenvalue weighted by molar-refractivity contribution is 0.608. The average molecular weight is 260 g/mol. The maximum atomic E-state index is 4.78. The summed E-state index contributed by atoms with van der Waals surface area (Å²) in [5, 5.41) is 3.24. The monoisotopic (exact) mass is 260 g/mol. The Morgan fingerprint density at radius 3 is 2.89 bits per heavy atom. The van der Waals surface area contributed by atoms with Gasteiger partial charge in [-0.25, -0.2) is 4.98 Å². The topological polar surface area (TPSA) is 32.6 Å². The summed E-state index contributed by atoms with van der Waals surface area (Å²) >= 11 is 0. The lowest BCUT2D eigenvalue weighted by Crippen LogP contribution is -2.30. The Labute approximate surface area is 115 Å². The molecule has 19 heavy (non-hydrogen) atoms. The van der Waals surface area contributed by atoms with Gasteiger partial charge in [-0.2, -0.15) is 0 Å². The molecule has 0 bridgehead atoms. The number of hydrogen-bond acceptors (Lipinski definition) is 3. The average Bonchev–Trinajstić information content (AvgIpc) is 2.78. The maximum Gasteiger partial charge on any atom is 0.152 e. The van der Waals surface area contributed by atoms with Crippen LogP contribution < -0.4 is 10.2 Å². The second-order valence-corrected chi connectivity index (χ2v) is 5.09. The third kappa shape index (κ3) is 2.73. The zero-order chi connectivity index (χ0) is 13.8. The van der Waals surface area contributed by atoms with Crippen LogP contribution >= 0.6 is 0 Å². The Kier molecular flexibility index (Phi) is 4.43. The molecule has 1 N–H and O–H groups in total. The van der Waals surface area contributed by atoms with Gasteiger partial charge in [0.15, 0.2) is 5.82 Å².